The number of hydrogen-bond donors (Lipinski definition) is 2. The SMILES string of the molecule is CC(C)(C)NC(N)=NCCc1ccc2c(c1)CCO2. The molecule has 0 aliphatic carbocycles. The Kier molecular flexibility index (Phi) is 3.98. The van der Waals surface area contributed by atoms with Crippen molar-refractivity contribution in [3.8, 4) is 5.75 Å². The first-order valence-corrected chi connectivity index (χ1v) is 6.77. The Labute approximate surface area is 115 Å². The van der Waals surface area contributed by atoms with Gasteiger partial charge in [0.2, 0.25) is 0 Å². The van der Waals surface area contributed by atoms with Gasteiger partial charge >= 0.3 is 0 Å². The molecule has 2 rings (SSSR count). The van der Waals surface area contributed by atoms with Crippen LogP contribution in [0.4, 0.5) is 0 Å². The smallest absolute Gasteiger partial charge is 0.188 e. The minimum absolute atomic E-state index is 0.0432. The minimum Gasteiger partial charge on any atom is -0.493 e. The molecule has 0 spiro atoms. The van der Waals surface area contributed by atoms with Gasteiger partial charge in [0.1, 0.15) is 5.75 Å². The van der Waals surface area contributed by atoms with Crippen LogP contribution in [0.1, 0.15) is 31.9 Å². The number of fused-ring (bicyclic) bond motifs is 1. The summed E-state index contributed by atoms with van der Waals surface area (Å²) < 4.78 is 5.49. The lowest BCUT2D eigenvalue weighted by Gasteiger charge is -2.20. The highest BCUT2D eigenvalue weighted by Gasteiger charge is 2.12. The molecule has 0 fully saturated rings. The highest BCUT2D eigenvalue weighted by molar-refractivity contribution is 5.78. The van der Waals surface area contributed by atoms with E-state index in [4.69, 9.17) is 10.5 Å². The Balaban J connectivity index is 1.87. The van der Waals surface area contributed by atoms with Crippen molar-refractivity contribution in [1.82, 2.24) is 5.32 Å². The Morgan fingerprint density at radius 2 is 2.21 bits per heavy atom. The van der Waals surface area contributed by atoms with Gasteiger partial charge in [-0.1, -0.05) is 12.1 Å². The van der Waals surface area contributed by atoms with E-state index in [2.05, 4.69) is 49.3 Å². The van der Waals surface area contributed by atoms with Gasteiger partial charge in [0.05, 0.1) is 6.61 Å². The molecule has 1 aromatic carbocycles. The van der Waals surface area contributed by atoms with Crippen LogP contribution in [0.5, 0.6) is 5.75 Å². The average Bonchev–Trinajstić information content (AvgIpc) is 2.73. The largest absolute Gasteiger partial charge is 0.493 e. The topological polar surface area (TPSA) is 59.6 Å². The third-order valence-corrected chi connectivity index (χ3v) is 2.94. The summed E-state index contributed by atoms with van der Waals surface area (Å²) in [7, 11) is 0. The molecule has 0 aromatic heterocycles. The number of aliphatic imine (C=N–C) groups is 1. The highest BCUT2D eigenvalue weighted by Crippen LogP contribution is 2.25. The molecule has 1 aromatic rings. The highest BCUT2D eigenvalue weighted by atomic mass is 16.5. The predicted molar refractivity (Wildman–Crippen MR) is 78.7 cm³/mol. The van der Waals surface area contributed by atoms with Crippen LogP contribution in [0.25, 0.3) is 0 Å². The van der Waals surface area contributed by atoms with E-state index < -0.39 is 0 Å². The zero-order valence-electron chi connectivity index (χ0n) is 12.0. The predicted octanol–water partition coefficient (Wildman–Crippen LogP) is 1.87. The van der Waals surface area contributed by atoms with E-state index >= 15 is 0 Å². The molecule has 0 unspecified atom stereocenters. The number of ether oxygens (including phenoxy) is 1. The van der Waals surface area contributed by atoms with Crippen LogP contribution in [-0.4, -0.2) is 24.7 Å². The van der Waals surface area contributed by atoms with Crippen molar-refractivity contribution in [2.45, 2.75) is 39.2 Å². The van der Waals surface area contributed by atoms with Crippen LogP contribution in [0, 0.1) is 0 Å². The molecular formula is C15H23N3O. The van der Waals surface area contributed by atoms with Gasteiger partial charge in [-0.2, -0.15) is 0 Å². The van der Waals surface area contributed by atoms with Gasteiger partial charge in [-0.15, -0.1) is 0 Å². The summed E-state index contributed by atoms with van der Waals surface area (Å²) in [6.07, 6.45) is 1.92. The summed E-state index contributed by atoms with van der Waals surface area (Å²) in [6.45, 7) is 7.70. The van der Waals surface area contributed by atoms with Gasteiger partial charge in [-0.05, 0) is 44.4 Å². The molecule has 0 amide bonds. The number of nitrogens with two attached hydrogens (primary N) is 1. The normalized spacial score (nSPS) is 15.0. The lowest BCUT2D eigenvalue weighted by Crippen LogP contribution is -2.45. The molecular weight excluding hydrogens is 238 g/mol. The Morgan fingerprint density at radius 3 is 2.95 bits per heavy atom. The number of rotatable bonds is 3. The van der Waals surface area contributed by atoms with E-state index in [0.29, 0.717) is 12.5 Å². The van der Waals surface area contributed by atoms with Crippen molar-refractivity contribution in [1.29, 1.82) is 0 Å². The fraction of sp³-hybridized carbons (Fsp3) is 0.533. The molecule has 4 nitrogen and oxygen atoms in total. The molecule has 3 N–H and O–H groups in total. The number of hydrogen-bond acceptors (Lipinski definition) is 2. The van der Waals surface area contributed by atoms with Crippen molar-refractivity contribution in [2.24, 2.45) is 10.7 Å². The van der Waals surface area contributed by atoms with Crippen molar-refractivity contribution in [3.63, 3.8) is 0 Å². The van der Waals surface area contributed by atoms with Crippen LogP contribution in [0.2, 0.25) is 0 Å². The van der Waals surface area contributed by atoms with Crippen molar-refractivity contribution >= 4 is 5.96 Å². The summed E-state index contributed by atoms with van der Waals surface area (Å²) in [5.41, 5.74) is 8.39. The van der Waals surface area contributed by atoms with Gasteiger partial charge in [-0.25, -0.2) is 0 Å². The van der Waals surface area contributed by atoms with E-state index in [1.807, 2.05) is 0 Å². The Morgan fingerprint density at radius 1 is 1.42 bits per heavy atom. The van der Waals surface area contributed by atoms with Crippen molar-refractivity contribution in [3.05, 3.63) is 29.3 Å². The van der Waals surface area contributed by atoms with Gasteiger partial charge in [0, 0.05) is 18.5 Å². The number of nitrogens with one attached hydrogen (secondary N) is 1. The van der Waals surface area contributed by atoms with E-state index in [-0.39, 0.29) is 5.54 Å². The molecule has 0 saturated carbocycles. The monoisotopic (exact) mass is 261 g/mol. The van der Waals surface area contributed by atoms with Gasteiger partial charge < -0.3 is 15.8 Å². The summed E-state index contributed by atoms with van der Waals surface area (Å²) in [5.74, 6) is 1.54. The Hall–Kier alpha value is -1.71. The van der Waals surface area contributed by atoms with Crippen molar-refractivity contribution < 1.29 is 4.74 Å². The zero-order valence-corrected chi connectivity index (χ0v) is 12.0. The maximum atomic E-state index is 5.83. The van der Waals surface area contributed by atoms with Crippen LogP contribution < -0.4 is 15.8 Å². The molecule has 104 valence electrons. The fourth-order valence-electron chi connectivity index (χ4n) is 2.12. The number of guanidine groups is 1. The standard InChI is InChI=1S/C15H23N3O/c1-15(2,3)18-14(16)17-8-6-11-4-5-13-12(10-11)7-9-19-13/h4-5,10H,6-9H2,1-3H3,(H3,16,17,18). The summed E-state index contributed by atoms with van der Waals surface area (Å²) in [5, 5.41) is 3.15. The molecule has 1 aliphatic heterocycles. The van der Waals surface area contributed by atoms with Gasteiger partial charge in [-0.3, -0.25) is 4.99 Å². The van der Waals surface area contributed by atoms with E-state index in [9.17, 15) is 0 Å². The molecule has 4 heteroatoms. The lowest BCUT2D eigenvalue weighted by molar-refractivity contribution is 0.357. The molecule has 0 radical (unpaired) electrons. The molecule has 0 bridgehead atoms. The minimum atomic E-state index is -0.0432. The summed E-state index contributed by atoms with van der Waals surface area (Å²) in [4.78, 5) is 4.35. The second kappa shape index (κ2) is 5.51. The van der Waals surface area contributed by atoms with Crippen LogP contribution >= 0.6 is 0 Å². The van der Waals surface area contributed by atoms with E-state index in [1.165, 1.54) is 11.1 Å². The summed E-state index contributed by atoms with van der Waals surface area (Å²) >= 11 is 0. The van der Waals surface area contributed by atoms with Crippen LogP contribution in [0.3, 0.4) is 0 Å². The lowest BCUT2D eigenvalue weighted by atomic mass is 10.1. The second-order valence-electron chi connectivity index (χ2n) is 5.93. The van der Waals surface area contributed by atoms with Crippen LogP contribution in [-0.2, 0) is 12.8 Å². The fourth-order valence-corrected chi connectivity index (χ4v) is 2.12. The summed E-state index contributed by atoms with van der Waals surface area (Å²) in [6, 6.07) is 6.37. The molecule has 19 heavy (non-hydrogen) atoms. The molecule has 1 heterocycles. The first-order valence-electron chi connectivity index (χ1n) is 6.77. The first-order chi connectivity index (χ1) is 8.94. The van der Waals surface area contributed by atoms with E-state index in [1.54, 1.807) is 0 Å². The Bertz CT molecular complexity index is 475. The van der Waals surface area contributed by atoms with Crippen LogP contribution in [0.15, 0.2) is 23.2 Å². The van der Waals surface area contributed by atoms with Gasteiger partial charge in [0.25, 0.3) is 0 Å². The molecule has 0 saturated heterocycles. The number of benzene rings is 1. The quantitative estimate of drug-likeness (QED) is 0.645. The second-order valence-corrected chi connectivity index (χ2v) is 5.93. The zero-order chi connectivity index (χ0) is 13.9. The van der Waals surface area contributed by atoms with Crippen molar-refractivity contribution in [2.75, 3.05) is 13.2 Å². The van der Waals surface area contributed by atoms with E-state index in [0.717, 1.165) is 25.2 Å². The average molecular weight is 261 g/mol. The first kappa shape index (κ1) is 13.7. The third-order valence-electron chi connectivity index (χ3n) is 2.94. The molecule has 1 aliphatic rings. The maximum Gasteiger partial charge on any atom is 0.188 e. The maximum absolute atomic E-state index is 5.83. The molecule has 0 atom stereocenters. The van der Waals surface area contributed by atoms with Gasteiger partial charge in [0.15, 0.2) is 5.96 Å². The number of nitrogens with zero attached hydrogens (tertiary/aromatic N) is 1. The third kappa shape index (κ3) is 4.16.